The summed E-state index contributed by atoms with van der Waals surface area (Å²) in [5.74, 6) is -44.7. The van der Waals surface area contributed by atoms with Crippen molar-refractivity contribution in [2.75, 3.05) is 0 Å². The van der Waals surface area contributed by atoms with Crippen molar-refractivity contribution in [2.24, 2.45) is 0 Å². The molecule has 0 bridgehead atoms. The van der Waals surface area contributed by atoms with Crippen molar-refractivity contribution >= 4 is 17.2 Å². The number of hydrogen-bond donors (Lipinski definition) is 0. The maximum Gasteiger partial charge on any atom is 0.384 e. The Bertz CT molecular complexity index is 978. The Balaban J connectivity index is 2.71. The van der Waals surface area contributed by atoms with Crippen LogP contribution in [-0.4, -0.2) is 41.1 Å². The lowest BCUT2D eigenvalue weighted by molar-refractivity contribution is -0.475. The Morgan fingerprint density at radius 1 is 0.839 bits per heavy atom. The Kier molecular flexibility index (Phi) is 5.14. The Hall–Kier alpha value is -2.92. The number of hydrogen-bond acceptors (Lipinski definition) is 2. The first-order valence-corrected chi connectivity index (χ1v) is 7.44. The molecular weight excluding hydrogens is 466 g/mol. The molecule has 0 N–H and O–H groups in total. The molecule has 0 unspecified atom stereocenters. The molecule has 0 heterocycles. The average molecular weight is 470 g/mol. The molecule has 0 aliphatic heterocycles. The number of nitrogens with zero attached hydrogens (tertiary/aromatic N) is 1. The fourth-order valence-corrected chi connectivity index (χ4v) is 2.58. The van der Waals surface area contributed by atoms with Crippen molar-refractivity contribution in [3.05, 3.63) is 47.1 Å². The van der Waals surface area contributed by atoms with E-state index < -0.39 is 70.0 Å². The predicted molar refractivity (Wildman–Crippen MR) is 74.2 cm³/mol. The quantitative estimate of drug-likeness (QED) is 0.282. The minimum absolute atomic E-state index is 0.124. The van der Waals surface area contributed by atoms with Crippen molar-refractivity contribution in [1.29, 1.82) is 0 Å². The number of alkyl halides is 11. The van der Waals surface area contributed by atoms with Crippen molar-refractivity contribution < 1.29 is 62.6 Å². The van der Waals surface area contributed by atoms with Gasteiger partial charge in [-0.2, -0.15) is 43.9 Å². The van der Waals surface area contributed by atoms with E-state index in [0.717, 1.165) is 0 Å². The molecule has 1 fully saturated rings. The highest BCUT2D eigenvalue weighted by Crippen LogP contribution is 2.69. The van der Waals surface area contributed by atoms with Gasteiger partial charge in [-0.3, -0.25) is 4.79 Å². The molecule has 0 radical (unpaired) electrons. The first kappa shape index (κ1) is 24.4. The second-order valence-electron chi connectivity index (χ2n) is 6.18. The van der Waals surface area contributed by atoms with E-state index >= 15 is 0 Å². The zero-order valence-electron chi connectivity index (χ0n) is 14.1. The Labute approximate surface area is 163 Å². The molecule has 15 heteroatoms. The monoisotopic (exact) mass is 470 g/mol. The molecule has 1 saturated carbocycles. The molecular formula is C16H4F12NO2-. The average Bonchev–Trinajstić information content (AvgIpc) is 2.65. The first-order chi connectivity index (χ1) is 13.8. The van der Waals surface area contributed by atoms with Crippen LogP contribution in [0.15, 0.2) is 24.3 Å². The maximum atomic E-state index is 14.5. The topological polar surface area (TPSA) is 44.5 Å². The van der Waals surface area contributed by atoms with Gasteiger partial charge in [0.15, 0.2) is 0 Å². The fourth-order valence-electron chi connectivity index (χ4n) is 2.58. The van der Waals surface area contributed by atoms with Crippen LogP contribution in [0.4, 0.5) is 58.4 Å². The summed E-state index contributed by atoms with van der Waals surface area (Å²) in [6.07, 6.45) is -1.11. The van der Waals surface area contributed by atoms with Crippen LogP contribution < -0.4 is 5.11 Å². The molecule has 1 aliphatic rings. The molecule has 0 atom stereocenters. The normalized spacial score (nSPS) is 24.8. The van der Waals surface area contributed by atoms with E-state index in [1.807, 2.05) is 0 Å². The number of halogens is 12. The fraction of sp³-hybridized carbons (Fsp3) is 0.375. The third kappa shape index (κ3) is 2.66. The first-order valence-electron chi connectivity index (χ1n) is 7.44. The zero-order valence-corrected chi connectivity index (χ0v) is 14.1. The smallest absolute Gasteiger partial charge is 0.384 e. The highest BCUT2D eigenvalue weighted by Gasteiger charge is 3.02. The lowest BCUT2D eigenvalue weighted by Gasteiger charge is -2.51. The number of allylic oxidation sites excluding steroid dienone is 1. The summed E-state index contributed by atoms with van der Waals surface area (Å²) in [5.41, 5.74) is -8.84. The molecule has 1 aromatic carbocycles. The van der Waals surface area contributed by atoms with Gasteiger partial charge in [-0.1, -0.05) is 17.9 Å². The molecule has 1 aliphatic carbocycles. The summed E-state index contributed by atoms with van der Waals surface area (Å²) < 4.78 is 163. The Morgan fingerprint density at radius 2 is 1.26 bits per heavy atom. The molecule has 0 aromatic heterocycles. The molecule has 1 aromatic rings. The van der Waals surface area contributed by atoms with E-state index in [1.165, 1.54) is 0 Å². The standard InChI is InChI=1S/C16H5F12NO2/c1-29-8-3-2-6(4-7(8)17)9(30)5-10(31)11(18)12(19,20)14(23,24)16(27,28)15(25,26)13(11,21)22/h2-5,30H/p-1/b9-5-. The second kappa shape index (κ2) is 6.54. The van der Waals surface area contributed by atoms with Crippen molar-refractivity contribution in [3.63, 3.8) is 0 Å². The summed E-state index contributed by atoms with van der Waals surface area (Å²) >= 11 is 0. The summed E-state index contributed by atoms with van der Waals surface area (Å²) in [6.45, 7) is 6.55. The predicted octanol–water partition coefficient (Wildman–Crippen LogP) is 4.55. The minimum atomic E-state index is -7.51. The molecule has 31 heavy (non-hydrogen) atoms. The van der Waals surface area contributed by atoms with Crippen LogP contribution in [0, 0.1) is 12.4 Å². The summed E-state index contributed by atoms with van der Waals surface area (Å²) in [5, 5.41) is 11.8. The van der Waals surface area contributed by atoms with Gasteiger partial charge in [0.25, 0.3) is 0 Å². The largest absolute Gasteiger partial charge is 0.872 e. The number of carbonyl (C=O) groups excluding carboxylic acids is 1. The van der Waals surface area contributed by atoms with E-state index in [4.69, 9.17) is 6.57 Å². The number of ketones is 1. The molecule has 2 rings (SSSR count). The Morgan fingerprint density at radius 3 is 1.65 bits per heavy atom. The molecule has 0 amide bonds. The van der Waals surface area contributed by atoms with E-state index in [1.54, 1.807) is 0 Å². The van der Waals surface area contributed by atoms with Gasteiger partial charge < -0.3 is 5.11 Å². The maximum absolute atomic E-state index is 14.5. The van der Waals surface area contributed by atoms with E-state index in [-0.39, 0.29) is 6.07 Å². The van der Waals surface area contributed by atoms with Gasteiger partial charge >= 0.3 is 35.3 Å². The van der Waals surface area contributed by atoms with Crippen LogP contribution in [0.2, 0.25) is 0 Å². The third-order valence-corrected chi connectivity index (χ3v) is 4.40. The SMILES string of the molecule is [C-]#[N+]c1ccc(/C([O-])=C/C(=O)C2(F)C(F)(F)C(F)(F)C(F)(F)C(F)(F)C2(F)F)cc1F. The lowest BCUT2D eigenvalue weighted by Crippen LogP contribution is -2.85. The van der Waals surface area contributed by atoms with Crippen LogP contribution in [0.3, 0.4) is 0 Å². The van der Waals surface area contributed by atoms with Crippen LogP contribution in [0.25, 0.3) is 10.6 Å². The zero-order chi connectivity index (χ0) is 24.4. The van der Waals surface area contributed by atoms with Crippen LogP contribution in [0.1, 0.15) is 5.56 Å². The van der Waals surface area contributed by atoms with Crippen molar-refractivity contribution in [2.45, 2.75) is 35.3 Å². The molecule has 0 saturated heterocycles. The summed E-state index contributed by atoms with van der Waals surface area (Å²) in [6, 6.07) is 1.16. The third-order valence-electron chi connectivity index (χ3n) is 4.40. The van der Waals surface area contributed by atoms with E-state index in [0.29, 0.717) is 12.1 Å². The molecule has 3 nitrogen and oxygen atoms in total. The van der Waals surface area contributed by atoms with Crippen molar-refractivity contribution in [1.82, 2.24) is 0 Å². The van der Waals surface area contributed by atoms with Crippen LogP contribution >= 0.6 is 0 Å². The van der Waals surface area contributed by atoms with Crippen LogP contribution in [0.5, 0.6) is 0 Å². The van der Waals surface area contributed by atoms with Gasteiger partial charge in [0, 0.05) is 0 Å². The number of carbonyl (C=O) groups is 1. The van der Waals surface area contributed by atoms with Gasteiger partial charge in [0.05, 0.1) is 6.57 Å². The van der Waals surface area contributed by atoms with Gasteiger partial charge in [0.1, 0.15) is 5.82 Å². The number of rotatable bonds is 3. The molecule has 0 spiro atoms. The number of benzene rings is 1. The van der Waals surface area contributed by atoms with Gasteiger partial charge in [0.2, 0.25) is 11.5 Å². The van der Waals surface area contributed by atoms with Gasteiger partial charge in [-0.15, -0.1) is 0 Å². The highest BCUT2D eigenvalue weighted by atomic mass is 19.4. The summed E-state index contributed by atoms with van der Waals surface area (Å²) in [7, 11) is 0. The van der Waals surface area contributed by atoms with E-state index in [9.17, 15) is 62.6 Å². The highest BCUT2D eigenvalue weighted by molar-refractivity contribution is 6.03. The van der Waals surface area contributed by atoms with E-state index in [2.05, 4.69) is 4.85 Å². The van der Waals surface area contributed by atoms with Gasteiger partial charge in [-0.05, 0) is 17.7 Å². The minimum Gasteiger partial charge on any atom is -0.872 e. The van der Waals surface area contributed by atoms with Gasteiger partial charge in [-0.25, -0.2) is 13.6 Å². The summed E-state index contributed by atoms with van der Waals surface area (Å²) in [4.78, 5) is 14.3. The van der Waals surface area contributed by atoms with Crippen LogP contribution in [-0.2, 0) is 4.79 Å². The molecule has 170 valence electrons. The second-order valence-corrected chi connectivity index (χ2v) is 6.18. The lowest BCUT2D eigenvalue weighted by atomic mass is 9.70. The van der Waals surface area contributed by atoms with Crippen molar-refractivity contribution in [3.8, 4) is 0 Å².